The molecule has 7 N–H and O–H groups in total. The average Bonchev–Trinajstić information content (AvgIpc) is 1.55. The van der Waals surface area contributed by atoms with Crippen molar-refractivity contribution < 1.29 is 169 Å². The number of carbonyl (C=O) groups excluding carboxylic acids is 1. The van der Waals surface area contributed by atoms with Crippen LogP contribution in [0.2, 0.25) is 10.0 Å². The highest BCUT2D eigenvalue weighted by molar-refractivity contribution is 6.39. The van der Waals surface area contributed by atoms with E-state index in [9.17, 15) is 40.7 Å². The topological polar surface area (TPSA) is 415 Å². The second-order valence-corrected chi connectivity index (χ2v) is 29.6. The predicted molar refractivity (Wildman–Crippen MR) is 343 cm³/mol. The van der Waals surface area contributed by atoms with Gasteiger partial charge in [-0.1, -0.05) is 23.2 Å². The summed E-state index contributed by atoms with van der Waals surface area (Å²) in [6.45, 7) is 14.1. The molecule has 0 radical (unpaired) electrons. The standard InChI is InChI=1S/C66H101Cl2NO35/c1-25-39(50(81-13)41(68)42(71)40(25)67)58(74)97-46-26(2)89-36(17-33(46)93-37-19-62(8,69(76)77)54(84-16)29(5)90-37)95-45-28(4)100-65(18-32(45)70)103-55-30(6)91-38(20-63(55,9)104-65)96-51-44(73)59(92-27(3)47(51)80-12)98-48-34(21-78-10)94-61(52(82-14)43(48)72)99-60-53(83-15)49-35(22-85-60)101-66(102-49)57-56(86-24-87-57)64(75,23-88-66)31(7)79-11/h26-38,43-49,51-57,59-61,69-73,75-76H,17-24H2,1-16H3/t26-,27+,28+,29-,30+,31+,32+,33-,34+,35+,36+,37+,38+,43-,44+,45+,46-,47+,48+,49-,51+,52+,53+,54-,55+,56+,57-,59-,60-,61-,62-,63-,64+,65-,66-/m1/s1. The minimum absolute atomic E-state index is 0.00592. The van der Waals surface area contributed by atoms with Gasteiger partial charge in [-0.2, -0.15) is 0 Å². The number of hydrogen-bond donors (Lipinski definition) is 7. The summed E-state index contributed by atoms with van der Waals surface area (Å²) in [5.41, 5.74) is -4.39. The van der Waals surface area contributed by atoms with Crippen molar-refractivity contribution in [2.45, 2.75) is 301 Å². The number of aromatic hydroxyl groups is 1. The molecule has 594 valence electrons. The molecule has 11 heterocycles. The van der Waals surface area contributed by atoms with Gasteiger partial charge in [0.05, 0.1) is 87.5 Å². The Morgan fingerprint density at radius 1 is 0.663 bits per heavy atom. The van der Waals surface area contributed by atoms with Crippen LogP contribution < -0.4 is 9.96 Å². The Kier molecular flexibility index (Phi) is 24.9. The van der Waals surface area contributed by atoms with E-state index in [4.69, 9.17) is 151 Å². The predicted octanol–water partition coefficient (Wildman–Crippen LogP) is 0.261. The number of halogens is 2. The van der Waals surface area contributed by atoms with Crippen LogP contribution in [-0.2, 0) is 123 Å². The van der Waals surface area contributed by atoms with Crippen molar-refractivity contribution in [3.63, 3.8) is 0 Å². The van der Waals surface area contributed by atoms with Crippen LogP contribution in [0.3, 0.4) is 0 Å². The van der Waals surface area contributed by atoms with Crippen LogP contribution in [0.5, 0.6) is 11.5 Å². The zero-order valence-corrected chi connectivity index (χ0v) is 62.3. The molecular formula is C66H101Cl2NO35. The molecule has 0 aliphatic carbocycles. The maximum Gasteiger partial charge on any atom is 0.342 e. The highest BCUT2D eigenvalue weighted by Gasteiger charge is 2.71. The number of esters is 1. The van der Waals surface area contributed by atoms with Crippen molar-refractivity contribution >= 4 is 29.2 Å². The fraction of sp³-hybridized carbons (Fsp3) is 0.894. The number of aliphatic hydroxyl groups is 4. The van der Waals surface area contributed by atoms with Crippen LogP contribution in [0.4, 0.5) is 0 Å². The summed E-state index contributed by atoms with van der Waals surface area (Å²) in [5, 5.41) is 80.6. The monoisotopic (exact) mass is 1540 g/mol. The molecule has 11 saturated heterocycles. The maximum absolute atomic E-state index is 14.3. The number of hydroxylamine groups is 2. The number of methoxy groups -OCH3 is 7. The third kappa shape index (κ3) is 14.8. The quantitative estimate of drug-likeness (QED) is 0.0605. The first-order valence-electron chi connectivity index (χ1n) is 34.8. The molecule has 38 heteroatoms. The van der Waals surface area contributed by atoms with Crippen molar-refractivity contribution in [3.8, 4) is 11.5 Å². The Bertz CT molecular complexity index is 3090. The molecule has 0 amide bonds. The second-order valence-electron chi connectivity index (χ2n) is 28.8. The van der Waals surface area contributed by atoms with E-state index in [1.807, 2.05) is 0 Å². The van der Waals surface area contributed by atoms with Crippen LogP contribution in [0.15, 0.2) is 0 Å². The number of benzene rings is 1. The van der Waals surface area contributed by atoms with Gasteiger partial charge in [-0.15, -0.1) is 0 Å². The Labute approximate surface area is 610 Å². The molecule has 104 heavy (non-hydrogen) atoms. The van der Waals surface area contributed by atoms with E-state index in [-0.39, 0.29) is 79.2 Å². The van der Waals surface area contributed by atoms with Crippen molar-refractivity contribution in [2.75, 3.05) is 76.4 Å². The number of phenolic OH excluding ortho intramolecular Hbond substituents is 1. The number of fused-ring (bicyclic) bond motifs is 4. The van der Waals surface area contributed by atoms with Crippen LogP contribution >= 0.6 is 23.2 Å². The molecule has 11 aliphatic rings. The van der Waals surface area contributed by atoms with Crippen molar-refractivity contribution in [2.24, 2.45) is 0 Å². The number of phenols is 1. The largest absolute Gasteiger partial charge is 0.600 e. The average molecular weight is 1540 g/mol. The molecule has 1 aromatic carbocycles. The highest BCUT2D eigenvalue weighted by Crippen LogP contribution is 2.53. The Morgan fingerprint density at radius 2 is 1.34 bits per heavy atom. The molecular weight excluding hydrogens is 1440 g/mol. The molecule has 1 aromatic rings. The zero-order chi connectivity index (χ0) is 75.2. The van der Waals surface area contributed by atoms with Crippen molar-refractivity contribution in [3.05, 3.63) is 26.4 Å². The minimum atomic E-state index is -1.86. The number of aliphatic hydroxyl groups excluding tert-OH is 3. The van der Waals surface area contributed by atoms with Gasteiger partial charge in [0.15, 0.2) is 67.0 Å². The molecule has 0 saturated carbocycles. The molecule has 12 rings (SSSR count). The minimum Gasteiger partial charge on any atom is -0.600 e. The van der Waals surface area contributed by atoms with Gasteiger partial charge in [-0.25, -0.2) is 15.2 Å². The van der Waals surface area contributed by atoms with Gasteiger partial charge in [0.1, 0.15) is 120 Å². The summed E-state index contributed by atoms with van der Waals surface area (Å²) in [6.07, 6.45) is -33.3. The van der Waals surface area contributed by atoms with Crippen LogP contribution in [-0.4, -0.2) is 326 Å². The van der Waals surface area contributed by atoms with Gasteiger partial charge in [-0.3, -0.25) is 0 Å². The lowest BCUT2D eigenvalue weighted by Crippen LogP contribution is -3.16. The normalized spacial score (nSPS) is 48.7. The van der Waals surface area contributed by atoms with Crippen LogP contribution in [0, 0.1) is 12.1 Å². The third-order valence-electron chi connectivity index (χ3n) is 22.1. The number of carbonyl (C=O) groups is 1. The lowest BCUT2D eigenvalue weighted by atomic mass is 9.85. The number of ether oxygens (including phenoxy) is 27. The van der Waals surface area contributed by atoms with E-state index in [0.29, 0.717) is 0 Å². The van der Waals surface area contributed by atoms with E-state index >= 15 is 0 Å². The summed E-state index contributed by atoms with van der Waals surface area (Å²) in [6, 6.07) is 0. The molecule has 2 spiro atoms. The van der Waals surface area contributed by atoms with E-state index in [1.54, 1.807) is 48.5 Å². The number of nitrogens with one attached hydrogen (secondary N) is 1. The SMILES string of the molecule is COC[C@@H]1O[C@H](O[C@H]2OC[C@@H]3O[C@@]4(OC[C@](O)([C@H](C)OC)[C@H]5OCO[C@H]54)O[C@H]3[C@@H]2OC)[C@@H](OC)[C@H](O)[C@H]1O[C@H]1O[C@@H](C)[C@H](OC)[C@@H](O[C@H]2C[C@@]3(C)O[C@@]4(C[C@H](O)[C@@H](O[C@H]5C[C@@H](O[C@H]6C[C@@](C)([NH+]([O-])O)[C@H](OC)[C@@H](C)O6)[C@H](OC(=O)c6c(C)c(Cl)c(O)c(Cl)c6OC)[C@@H](C)O5)[C@H](C)O4)O[C@H]3[C@H](C)O2)[C@@H]1O. The first kappa shape index (κ1) is 81.1. The molecule has 11 fully saturated rings. The molecule has 36 atom stereocenters. The lowest BCUT2D eigenvalue weighted by Gasteiger charge is -2.49. The van der Waals surface area contributed by atoms with Gasteiger partial charge < -0.3 is 159 Å². The Balaban J connectivity index is 0.689. The van der Waals surface area contributed by atoms with Gasteiger partial charge >= 0.3 is 11.9 Å². The first-order chi connectivity index (χ1) is 49.3. The van der Waals surface area contributed by atoms with Crippen LogP contribution in [0.1, 0.15) is 97.0 Å². The number of rotatable bonds is 22. The molecule has 1 unspecified atom stereocenters. The highest BCUT2D eigenvalue weighted by atomic mass is 35.5. The zero-order valence-electron chi connectivity index (χ0n) is 60.8. The fourth-order valence-electron chi connectivity index (χ4n) is 16.7. The summed E-state index contributed by atoms with van der Waals surface area (Å²) < 4.78 is 168. The summed E-state index contributed by atoms with van der Waals surface area (Å²) >= 11 is 12.8. The van der Waals surface area contributed by atoms with E-state index in [1.165, 1.54) is 63.6 Å². The smallest absolute Gasteiger partial charge is 0.342 e. The summed E-state index contributed by atoms with van der Waals surface area (Å²) in [4.78, 5) is 14.3. The maximum atomic E-state index is 14.3. The van der Waals surface area contributed by atoms with Gasteiger partial charge in [-0.05, 0) is 67.9 Å². The van der Waals surface area contributed by atoms with E-state index in [0.717, 1.165) is 0 Å². The van der Waals surface area contributed by atoms with Gasteiger partial charge in [0, 0.05) is 55.5 Å². The molecule has 11 aliphatic heterocycles. The van der Waals surface area contributed by atoms with E-state index in [2.05, 4.69) is 0 Å². The summed E-state index contributed by atoms with van der Waals surface area (Å²) in [5.74, 6) is -5.36. The van der Waals surface area contributed by atoms with Crippen molar-refractivity contribution in [1.29, 1.82) is 0 Å². The molecule has 0 bridgehead atoms. The Morgan fingerprint density at radius 3 is 2.00 bits per heavy atom. The number of hydrogen-bond acceptors (Lipinski definition) is 35. The van der Waals surface area contributed by atoms with Gasteiger partial charge in [0.2, 0.25) is 0 Å². The lowest BCUT2D eigenvalue weighted by molar-refractivity contribution is -1.09. The van der Waals surface area contributed by atoms with Gasteiger partial charge in [0.25, 0.3) is 5.97 Å². The second kappa shape index (κ2) is 32.0. The Hall–Kier alpha value is -2.41. The molecule has 0 aromatic heterocycles. The van der Waals surface area contributed by atoms with E-state index < -0.39 is 230 Å². The number of quaternary nitrogens is 1. The molecule has 36 nitrogen and oxygen atoms in total. The van der Waals surface area contributed by atoms with Crippen LogP contribution in [0.25, 0.3) is 0 Å². The fourth-order valence-corrected chi connectivity index (χ4v) is 17.2. The summed E-state index contributed by atoms with van der Waals surface area (Å²) in [7, 11) is 9.73. The third-order valence-corrected chi connectivity index (χ3v) is 22.9. The first-order valence-corrected chi connectivity index (χ1v) is 35.6. The van der Waals surface area contributed by atoms with Crippen molar-refractivity contribution in [1.82, 2.24) is 0 Å².